The van der Waals surface area contributed by atoms with Crippen LogP contribution >= 0.6 is 0 Å². The summed E-state index contributed by atoms with van der Waals surface area (Å²) in [5, 5.41) is 5.90. The molecule has 0 aliphatic rings. The van der Waals surface area contributed by atoms with E-state index >= 15 is 0 Å². The monoisotopic (exact) mass is 287 g/mol. The molecule has 1 aromatic heterocycles. The van der Waals surface area contributed by atoms with Gasteiger partial charge < -0.3 is 10.6 Å². The summed E-state index contributed by atoms with van der Waals surface area (Å²) in [6.07, 6.45) is 2.04. The molecule has 0 saturated carbocycles. The number of hydrogen-bond donors (Lipinski definition) is 2. The SMILES string of the molecule is CCCNc1cc(C)ccc1C(=O)Nc1ccc(F)cn1. The molecule has 0 unspecified atom stereocenters. The molecule has 21 heavy (non-hydrogen) atoms. The van der Waals surface area contributed by atoms with Gasteiger partial charge in [0.15, 0.2) is 0 Å². The summed E-state index contributed by atoms with van der Waals surface area (Å²) in [6, 6.07) is 8.27. The molecule has 5 heteroatoms. The third-order valence-electron chi connectivity index (χ3n) is 2.95. The Kier molecular flexibility index (Phi) is 4.87. The van der Waals surface area contributed by atoms with Crippen molar-refractivity contribution in [2.75, 3.05) is 17.2 Å². The van der Waals surface area contributed by atoms with Gasteiger partial charge in [0.1, 0.15) is 11.6 Å². The number of rotatable bonds is 5. The molecule has 4 nitrogen and oxygen atoms in total. The van der Waals surface area contributed by atoms with Crippen molar-refractivity contribution in [1.82, 2.24) is 4.98 Å². The Bertz CT molecular complexity index is 626. The summed E-state index contributed by atoms with van der Waals surface area (Å²) in [6.45, 7) is 4.82. The van der Waals surface area contributed by atoms with Crippen LogP contribution in [0.15, 0.2) is 36.5 Å². The summed E-state index contributed by atoms with van der Waals surface area (Å²) in [5.74, 6) is -0.384. The van der Waals surface area contributed by atoms with Crippen LogP contribution in [0.5, 0.6) is 0 Å². The molecule has 0 atom stereocenters. The minimum Gasteiger partial charge on any atom is -0.384 e. The van der Waals surface area contributed by atoms with Gasteiger partial charge >= 0.3 is 0 Å². The second-order valence-electron chi connectivity index (χ2n) is 4.79. The normalized spacial score (nSPS) is 10.2. The fourth-order valence-electron chi connectivity index (χ4n) is 1.90. The molecule has 2 rings (SSSR count). The summed E-state index contributed by atoms with van der Waals surface area (Å²) in [7, 11) is 0. The fourth-order valence-corrected chi connectivity index (χ4v) is 1.90. The second-order valence-corrected chi connectivity index (χ2v) is 4.79. The van der Waals surface area contributed by atoms with Gasteiger partial charge in [0.2, 0.25) is 0 Å². The first-order chi connectivity index (χ1) is 10.1. The summed E-state index contributed by atoms with van der Waals surface area (Å²) >= 11 is 0. The van der Waals surface area contributed by atoms with Gasteiger partial charge in [0, 0.05) is 12.2 Å². The number of benzene rings is 1. The van der Waals surface area contributed by atoms with Crippen LogP contribution in [0.25, 0.3) is 0 Å². The number of pyridine rings is 1. The van der Waals surface area contributed by atoms with E-state index in [2.05, 4.69) is 22.5 Å². The third kappa shape index (κ3) is 4.02. The Morgan fingerprint density at radius 1 is 1.29 bits per heavy atom. The number of aryl methyl sites for hydroxylation is 1. The molecule has 0 aliphatic heterocycles. The minimum atomic E-state index is -0.436. The first-order valence-electron chi connectivity index (χ1n) is 6.87. The molecule has 1 aromatic carbocycles. The largest absolute Gasteiger partial charge is 0.384 e. The molecular weight excluding hydrogens is 269 g/mol. The zero-order valence-electron chi connectivity index (χ0n) is 12.1. The molecule has 1 amide bonds. The molecule has 0 fully saturated rings. The Morgan fingerprint density at radius 3 is 2.76 bits per heavy atom. The lowest BCUT2D eigenvalue weighted by Crippen LogP contribution is -2.16. The number of nitrogens with zero attached hydrogens (tertiary/aromatic N) is 1. The van der Waals surface area contributed by atoms with Crippen molar-refractivity contribution in [2.45, 2.75) is 20.3 Å². The van der Waals surface area contributed by atoms with Crippen LogP contribution in [-0.4, -0.2) is 17.4 Å². The standard InChI is InChI=1S/C16H18FN3O/c1-3-8-18-14-9-11(2)4-6-13(14)16(21)20-15-7-5-12(17)10-19-15/h4-7,9-10,18H,3,8H2,1-2H3,(H,19,20,21). The fraction of sp³-hybridized carbons (Fsp3) is 0.250. The number of amides is 1. The van der Waals surface area contributed by atoms with Gasteiger partial charge in [-0.15, -0.1) is 0 Å². The van der Waals surface area contributed by atoms with Gasteiger partial charge in [-0.25, -0.2) is 9.37 Å². The Balaban J connectivity index is 2.19. The molecule has 2 aromatic rings. The van der Waals surface area contributed by atoms with E-state index < -0.39 is 5.82 Å². The van der Waals surface area contributed by atoms with Crippen molar-refractivity contribution < 1.29 is 9.18 Å². The molecule has 2 N–H and O–H groups in total. The number of aromatic nitrogens is 1. The quantitative estimate of drug-likeness (QED) is 0.883. The number of nitrogens with one attached hydrogen (secondary N) is 2. The molecule has 0 bridgehead atoms. The van der Waals surface area contributed by atoms with Crippen LogP contribution in [0.3, 0.4) is 0 Å². The lowest BCUT2D eigenvalue weighted by atomic mass is 10.1. The molecule has 0 saturated heterocycles. The highest BCUT2D eigenvalue weighted by molar-refractivity contribution is 6.07. The predicted molar refractivity (Wildman–Crippen MR) is 82.1 cm³/mol. The van der Waals surface area contributed by atoms with Gasteiger partial charge in [-0.1, -0.05) is 13.0 Å². The number of carbonyl (C=O) groups is 1. The van der Waals surface area contributed by atoms with Crippen LogP contribution in [-0.2, 0) is 0 Å². The van der Waals surface area contributed by atoms with Crippen LogP contribution in [0.4, 0.5) is 15.9 Å². The van der Waals surface area contributed by atoms with Crippen molar-refractivity contribution in [3.05, 3.63) is 53.5 Å². The maximum atomic E-state index is 12.8. The molecule has 1 heterocycles. The lowest BCUT2D eigenvalue weighted by Gasteiger charge is -2.12. The number of anilines is 2. The van der Waals surface area contributed by atoms with Crippen LogP contribution in [0, 0.1) is 12.7 Å². The Labute approximate surface area is 123 Å². The Morgan fingerprint density at radius 2 is 2.10 bits per heavy atom. The van der Waals surface area contributed by atoms with Gasteiger partial charge in [0.05, 0.1) is 11.8 Å². The van der Waals surface area contributed by atoms with Gasteiger partial charge in [-0.2, -0.15) is 0 Å². The summed E-state index contributed by atoms with van der Waals surface area (Å²) < 4.78 is 12.8. The highest BCUT2D eigenvalue weighted by Crippen LogP contribution is 2.19. The molecule has 110 valence electrons. The molecular formula is C16H18FN3O. The number of hydrogen-bond acceptors (Lipinski definition) is 3. The van der Waals surface area contributed by atoms with E-state index in [1.807, 2.05) is 19.1 Å². The predicted octanol–water partition coefficient (Wildman–Crippen LogP) is 3.60. The van der Waals surface area contributed by atoms with Crippen molar-refractivity contribution in [1.29, 1.82) is 0 Å². The van der Waals surface area contributed by atoms with Gasteiger partial charge in [-0.3, -0.25) is 4.79 Å². The van der Waals surface area contributed by atoms with Crippen molar-refractivity contribution in [3.8, 4) is 0 Å². The molecule has 0 aliphatic carbocycles. The first-order valence-corrected chi connectivity index (χ1v) is 6.87. The molecule has 0 radical (unpaired) electrons. The van der Waals surface area contributed by atoms with E-state index in [9.17, 15) is 9.18 Å². The Hall–Kier alpha value is -2.43. The maximum Gasteiger partial charge on any atom is 0.258 e. The molecule has 0 spiro atoms. The summed E-state index contributed by atoms with van der Waals surface area (Å²) in [5.41, 5.74) is 2.40. The smallest absolute Gasteiger partial charge is 0.258 e. The van der Waals surface area contributed by atoms with E-state index in [4.69, 9.17) is 0 Å². The van der Waals surface area contributed by atoms with Crippen LogP contribution in [0.2, 0.25) is 0 Å². The van der Waals surface area contributed by atoms with Crippen LogP contribution < -0.4 is 10.6 Å². The van der Waals surface area contributed by atoms with E-state index in [0.717, 1.165) is 30.4 Å². The van der Waals surface area contributed by atoms with Gasteiger partial charge in [0.25, 0.3) is 5.91 Å². The topological polar surface area (TPSA) is 54.0 Å². The van der Waals surface area contributed by atoms with Crippen molar-refractivity contribution in [2.24, 2.45) is 0 Å². The minimum absolute atomic E-state index is 0.271. The second kappa shape index (κ2) is 6.83. The van der Waals surface area contributed by atoms with Gasteiger partial charge in [-0.05, 0) is 43.2 Å². The highest BCUT2D eigenvalue weighted by atomic mass is 19.1. The van der Waals surface area contributed by atoms with E-state index in [1.54, 1.807) is 6.07 Å². The average Bonchev–Trinajstić information content (AvgIpc) is 2.47. The first kappa shape index (κ1) is 15.0. The zero-order valence-corrected chi connectivity index (χ0v) is 12.1. The number of halogens is 1. The highest BCUT2D eigenvalue weighted by Gasteiger charge is 2.12. The third-order valence-corrected chi connectivity index (χ3v) is 2.95. The van der Waals surface area contributed by atoms with E-state index in [1.165, 1.54) is 12.1 Å². The average molecular weight is 287 g/mol. The maximum absolute atomic E-state index is 12.8. The summed E-state index contributed by atoms with van der Waals surface area (Å²) in [4.78, 5) is 16.1. The van der Waals surface area contributed by atoms with Crippen molar-refractivity contribution in [3.63, 3.8) is 0 Å². The van der Waals surface area contributed by atoms with Crippen molar-refractivity contribution >= 4 is 17.4 Å². The lowest BCUT2D eigenvalue weighted by molar-refractivity contribution is 0.102. The van der Waals surface area contributed by atoms with E-state index in [-0.39, 0.29) is 5.91 Å². The zero-order chi connectivity index (χ0) is 15.2. The van der Waals surface area contributed by atoms with Crippen LogP contribution in [0.1, 0.15) is 29.3 Å². The number of carbonyl (C=O) groups excluding carboxylic acids is 1. The van der Waals surface area contributed by atoms with E-state index in [0.29, 0.717) is 11.4 Å².